The van der Waals surface area contributed by atoms with E-state index in [2.05, 4.69) is 0 Å². The molecule has 0 aliphatic carbocycles. The van der Waals surface area contributed by atoms with Crippen LogP contribution in [0, 0.1) is 12.7 Å². The highest BCUT2D eigenvalue weighted by Crippen LogP contribution is 2.19. The minimum atomic E-state index is -0.543. The number of nitrogen functional groups attached to an aromatic ring is 1. The van der Waals surface area contributed by atoms with Crippen LogP contribution in [0.25, 0.3) is 0 Å². The Hall–Kier alpha value is -1.62. The van der Waals surface area contributed by atoms with Crippen LogP contribution in [0.4, 0.5) is 10.1 Å². The maximum absolute atomic E-state index is 14.0. The van der Waals surface area contributed by atoms with E-state index in [1.54, 1.807) is 6.92 Å². The molecule has 1 aromatic rings. The van der Waals surface area contributed by atoms with Gasteiger partial charge < -0.3 is 15.7 Å². The van der Waals surface area contributed by atoms with E-state index in [0.717, 1.165) is 12.8 Å². The summed E-state index contributed by atoms with van der Waals surface area (Å²) in [5.74, 6) is -0.964. The zero-order valence-corrected chi connectivity index (χ0v) is 11.4. The average Bonchev–Trinajstić information content (AvgIpc) is 2.38. The monoisotopic (exact) mass is 268 g/mol. The lowest BCUT2D eigenvalue weighted by Gasteiger charge is -2.22. The lowest BCUT2D eigenvalue weighted by atomic mass is 10.1. The van der Waals surface area contributed by atoms with E-state index >= 15 is 0 Å². The van der Waals surface area contributed by atoms with Crippen molar-refractivity contribution in [2.75, 3.05) is 25.4 Å². The van der Waals surface area contributed by atoms with Crippen molar-refractivity contribution in [1.29, 1.82) is 0 Å². The molecule has 0 heterocycles. The highest BCUT2D eigenvalue weighted by molar-refractivity contribution is 5.95. The topological polar surface area (TPSA) is 66.6 Å². The normalized spacial score (nSPS) is 10.5. The second kappa shape index (κ2) is 7.09. The van der Waals surface area contributed by atoms with Crippen LogP contribution in [0.15, 0.2) is 12.1 Å². The quantitative estimate of drug-likeness (QED) is 0.775. The molecule has 1 amide bonds. The summed E-state index contributed by atoms with van der Waals surface area (Å²) >= 11 is 0. The molecule has 0 aromatic heterocycles. The fourth-order valence-corrected chi connectivity index (χ4v) is 1.91. The molecule has 0 aliphatic heterocycles. The van der Waals surface area contributed by atoms with Gasteiger partial charge in [0.05, 0.1) is 12.2 Å². The number of anilines is 1. The Morgan fingerprint density at radius 2 is 2.11 bits per heavy atom. The molecule has 0 spiro atoms. The van der Waals surface area contributed by atoms with Gasteiger partial charge in [0, 0.05) is 18.8 Å². The minimum Gasteiger partial charge on any atom is -0.399 e. The Morgan fingerprint density at radius 3 is 2.68 bits per heavy atom. The molecule has 0 unspecified atom stereocenters. The summed E-state index contributed by atoms with van der Waals surface area (Å²) in [6, 6.07) is 2.84. The lowest BCUT2D eigenvalue weighted by Crippen LogP contribution is -2.35. The maximum atomic E-state index is 14.0. The van der Waals surface area contributed by atoms with E-state index in [-0.39, 0.29) is 18.7 Å². The van der Waals surface area contributed by atoms with Crippen LogP contribution in [0.2, 0.25) is 0 Å². The third-order valence-electron chi connectivity index (χ3n) is 2.95. The van der Waals surface area contributed by atoms with Gasteiger partial charge in [0.25, 0.3) is 5.91 Å². The standard InChI is InChI=1S/C14H21FN2O2/c1-3-4-5-17(6-7-18)14(19)12-9-11(16)8-10(2)13(12)15/h8-9,18H,3-7,16H2,1-2H3. The number of unbranched alkanes of at least 4 members (excludes halogenated alkanes) is 1. The summed E-state index contributed by atoms with van der Waals surface area (Å²) < 4.78 is 14.0. The Morgan fingerprint density at radius 1 is 1.42 bits per heavy atom. The number of rotatable bonds is 6. The van der Waals surface area contributed by atoms with Gasteiger partial charge in [-0.3, -0.25) is 4.79 Å². The summed E-state index contributed by atoms with van der Waals surface area (Å²) in [4.78, 5) is 13.7. The van der Waals surface area contributed by atoms with E-state index in [1.165, 1.54) is 17.0 Å². The van der Waals surface area contributed by atoms with E-state index in [9.17, 15) is 9.18 Å². The smallest absolute Gasteiger partial charge is 0.256 e. The predicted molar refractivity (Wildman–Crippen MR) is 73.4 cm³/mol. The van der Waals surface area contributed by atoms with Gasteiger partial charge in [-0.1, -0.05) is 13.3 Å². The number of nitrogens with two attached hydrogens (primary N) is 1. The Labute approximate surface area is 113 Å². The second-order valence-electron chi connectivity index (χ2n) is 4.57. The molecule has 0 bridgehead atoms. The zero-order valence-electron chi connectivity index (χ0n) is 11.4. The largest absolute Gasteiger partial charge is 0.399 e. The molecule has 4 nitrogen and oxygen atoms in total. The van der Waals surface area contributed by atoms with Gasteiger partial charge in [-0.15, -0.1) is 0 Å². The molecule has 0 saturated carbocycles. The summed E-state index contributed by atoms with van der Waals surface area (Å²) in [6.07, 6.45) is 1.74. The highest BCUT2D eigenvalue weighted by Gasteiger charge is 2.20. The van der Waals surface area contributed by atoms with Crippen molar-refractivity contribution in [1.82, 2.24) is 4.90 Å². The Bertz CT molecular complexity index is 449. The number of amides is 1. The number of aliphatic hydroxyl groups excluding tert-OH is 1. The molecule has 5 heteroatoms. The van der Waals surface area contributed by atoms with Crippen molar-refractivity contribution in [2.45, 2.75) is 26.7 Å². The fraction of sp³-hybridized carbons (Fsp3) is 0.500. The number of carbonyl (C=O) groups is 1. The van der Waals surface area contributed by atoms with Gasteiger partial charge in [0.15, 0.2) is 0 Å². The van der Waals surface area contributed by atoms with Crippen molar-refractivity contribution < 1.29 is 14.3 Å². The molecular formula is C14H21FN2O2. The first-order valence-corrected chi connectivity index (χ1v) is 6.47. The Kier molecular flexibility index (Phi) is 5.76. The van der Waals surface area contributed by atoms with Crippen molar-refractivity contribution >= 4 is 11.6 Å². The third-order valence-corrected chi connectivity index (χ3v) is 2.95. The van der Waals surface area contributed by atoms with Crippen LogP contribution in [0.5, 0.6) is 0 Å². The molecule has 3 N–H and O–H groups in total. The molecule has 19 heavy (non-hydrogen) atoms. The summed E-state index contributed by atoms with van der Waals surface area (Å²) in [7, 11) is 0. The highest BCUT2D eigenvalue weighted by atomic mass is 19.1. The molecule has 0 atom stereocenters. The second-order valence-corrected chi connectivity index (χ2v) is 4.57. The predicted octanol–water partition coefficient (Wildman–Crippen LogP) is 1.95. The fourth-order valence-electron chi connectivity index (χ4n) is 1.91. The SMILES string of the molecule is CCCCN(CCO)C(=O)c1cc(N)cc(C)c1F. The Balaban J connectivity index is 3.01. The maximum Gasteiger partial charge on any atom is 0.256 e. The molecule has 0 fully saturated rings. The van der Waals surface area contributed by atoms with Gasteiger partial charge in [-0.2, -0.15) is 0 Å². The number of aryl methyl sites for hydroxylation is 1. The minimum absolute atomic E-state index is 0.0259. The van der Waals surface area contributed by atoms with E-state index < -0.39 is 11.7 Å². The van der Waals surface area contributed by atoms with Gasteiger partial charge in [-0.05, 0) is 31.0 Å². The molecule has 0 radical (unpaired) electrons. The zero-order chi connectivity index (χ0) is 14.4. The van der Waals surface area contributed by atoms with Crippen LogP contribution in [0.1, 0.15) is 35.7 Å². The average molecular weight is 268 g/mol. The number of carbonyl (C=O) groups excluding carboxylic acids is 1. The van der Waals surface area contributed by atoms with Gasteiger partial charge in [0.1, 0.15) is 5.82 Å². The third kappa shape index (κ3) is 3.92. The van der Waals surface area contributed by atoms with Crippen LogP contribution >= 0.6 is 0 Å². The first-order chi connectivity index (χ1) is 9.01. The van der Waals surface area contributed by atoms with Crippen molar-refractivity contribution in [3.63, 3.8) is 0 Å². The number of nitrogens with zero attached hydrogens (tertiary/aromatic N) is 1. The van der Waals surface area contributed by atoms with E-state index in [0.29, 0.717) is 17.8 Å². The summed E-state index contributed by atoms with van der Waals surface area (Å²) in [5.41, 5.74) is 6.34. The first-order valence-electron chi connectivity index (χ1n) is 6.47. The summed E-state index contributed by atoms with van der Waals surface area (Å²) in [5, 5.41) is 9.00. The molecule has 0 saturated heterocycles. The van der Waals surface area contributed by atoms with Gasteiger partial charge in [0.2, 0.25) is 0 Å². The molecule has 106 valence electrons. The van der Waals surface area contributed by atoms with Crippen molar-refractivity contribution in [3.8, 4) is 0 Å². The number of hydrogen-bond donors (Lipinski definition) is 2. The number of benzene rings is 1. The molecule has 0 aliphatic rings. The van der Waals surface area contributed by atoms with Crippen molar-refractivity contribution in [2.24, 2.45) is 0 Å². The number of aliphatic hydroxyl groups is 1. The molecular weight excluding hydrogens is 247 g/mol. The number of halogens is 1. The van der Waals surface area contributed by atoms with Gasteiger partial charge in [-0.25, -0.2) is 4.39 Å². The van der Waals surface area contributed by atoms with Crippen molar-refractivity contribution in [3.05, 3.63) is 29.1 Å². The van der Waals surface area contributed by atoms with Crippen LogP contribution in [-0.4, -0.2) is 35.6 Å². The number of hydrogen-bond acceptors (Lipinski definition) is 3. The molecule has 1 aromatic carbocycles. The van der Waals surface area contributed by atoms with E-state index in [4.69, 9.17) is 10.8 Å². The molecule has 1 rings (SSSR count). The lowest BCUT2D eigenvalue weighted by molar-refractivity contribution is 0.0714. The van der Waals surface area contributed by atoms with Gasteiger partial charge >= 0.3 is 0 Å². The van der Waals surface area contributed by atoms with E-state index in [1.807, 2.05) is 6.92 Å². The summed E-state index contributed by atoms with van der Waals surface area (Å²) in [6.45, 7) is 4.14. The van der Waals surface area contributed by atoms with Crippen LogP contribution in [0.3, 0.4) is 0 Å². The van der Waals surface area contributed by atoms with Crippen LogP contribution in [-0.2, 0) is 0 Å². The first kappa shape index (κ1) is 15.4. The van der Waals surface area contributed by atoms with Crippen LogP contribution < -0.4 is 5.73 Å².